The van der Waals surface area contributed by atoms with Crippen molar-refractivity contribution < 1.29 is 52.1 Å². The van der Waals surface area contributed by atoms with Crippen LogP contribution >= 0.6 is 0 Å². The van der Waals surface area contributed by atoms with Gasteiger partial charge in [0.1, 0.15) is 41.0 Å². The Morgan fingerprint density at radius 1 is 0.714 bits per heavy atom. The van der Waals surface area contributed by atoms with Crippen molar-refractivity contribution in [2.45, 2.75) is 90.3 Å². The van der Waals surface area contributed by atoms with Crippen LogP contribution in [0.5, 0.6) is 11.5 Å². The molecule has 20 nitrogen and oxygen atoms in total. The highest BCUT2D eigenvalue weighted by molar-refractivity contribution is 6.06. The van der Waals surface area contributed by atoms with Crippen molar-refractivity contribution in [3.05, 3.63) is 83.7 Å². The van der Waals surface area contributed by atoms with Crippen LogP contribution in [-0.2, 0) is 36.9 Å². The van der Waals surface area contributed by atoms with Crippen LogP contribution in [0.1, 0.15) is 81.8 Å². The number of nitrogens with one attached hydrogen (secondary N) is 4. The first-order chi connectivity index (χ1) is 33.8. The second kappa shape index (κ2) is 18.6. The van der Waals surface area contributed by atoms with E-state index in [0.717, 1.165) is 45.9 Å². The van der Waals surface area contributed by atoms with Crippen LogP contribution in [0.25, 0.3) is 44.5 Å². The molecule has 4 aliphatic heterocycles. The summed E-state index contributed by atoms with van der Waals surface area (Å²) in [5.41, 5.74) is 6.10. The number of ether oxygens (including phenoxy) is 5. The molecule has 2 saturated heterocycles. The molecule has 5 amide bonds. The van der Waals surface area contributed by atoms with E-state index in [1.54, 1.807) is 20.9 Å². The number of hydrogen-bond donors (Lipinski definition) is 4. The monoisotopic (exact) mass is 957 g/mol. The fraction of sp³-hybridized carbons (Fsp3) is 0.420. The molecule has 6 aromatic rings. The average Bonchev–Trinajstić information content (AvgIpc) is 4.21. The number of H-pyrrole nitrogens is 2. The minimum Gasteiger partial charge on any atom is -0.456 e. The molecule has 3 aromatic carbocycles. The topological polar surface area (TPSA) is 236 Å². The summed E-state index contributed by atoms with van der Waals surface area (Å²) in [6, 6.07) is 13.0. The van der Waals surface area contributed by atoms with Gasteiger partial charge in [-0.2, -0.15) is 0 Å². The van der Waals surface area contributed by atoms with Gasteiger partial charge < -0.3 is 58.5 Å². The number of aromatic amines is 2. The van der Waals surface area contributed by atoms with E-state index in [0.29, 0.717) is 65.3 Å². The largest absolute Gasteiger partial charge is 0.456 e. The Balaban J connectivity index is 0.868. The van der Waals surface area contributed by atoms with Gasteiger partial charge in [-0.15, -0.1) is 0 Å². The molecule has 2 fully saturated rings. The van der Waals surface area contributed by atoms with Gasteiger partial charge in [0.05, 0.1) is 44.2 Å². The van der Waals surface area contributed by atoms with E-state index in [4.69, 9.17) is 38.1 Å². The summed E-state index contributed by atoms with van der Waals surface area (Å²) in [5, 5.41) is 7.20. The van der Waals surface area contributed by atoms with E-state index in [-0.39, 0.29) is 49.5 Å². The predicted molar refractivity (Wildman–Crippen MR) is 252 cm³/mol. The van der Waals surface area contributed by atoms with Crippen LogP contribution in [0.4, 0.5) is 14.4 Å². The Hall–Kier alpha value is -7.77. The van der Waals surface area contributed by atoms with E-state index < -0.39 is 42.5 Å². The second-order valence-electron chi connectivity index (χ2n) is 18.8. The molecule has 4 N–H and O–H groups in total. The first kappa shape index (κ1) is 46.0. The van der Waals surface area contributed by atoms with Crippen molar-refractivity contribution >= 4 is 52.0 Å². The highest BCUT2D eigenvalue weighted by Crippen LogP contribution is 2.41. The smallest absolute Gasteiger partial charge is 0.410 e. The Bertz CT molecular complexity index is 2980. The van der Waals surface area contributed by atoms with Crippen molar-refractivity contribution in [2.24, 2.45) is 11.8 Å². The molecule has 366 valence electrons. The van der Waals surface area contributed by atoms with Crippen molar-refractivity contribution in [2.75, 3.05) is 34.1 Å². The molecule has 10 rings (SSSR count). The number of benzene rings is 3. The van der Waals surface area contributed by atoms with Gasteiger partial charge in [-0.25, -0.2) is 24.4 Å². The number of rotatable bonds is 11. The molecule has 2 unspecified atom stereocenters. The lowest BCUT2D eigenvalue weighted by atomic mass is 10.0. The molecule has 20 heteroatoms. The third-order valence-corrected chi connectivity index (χ3v) is 13.7. The van der Waals surface area contributed by atoms with Gasteiger partial charge in [0.15, 0.2) is 11.5 Å². The zero-order chi connectivity index (χ0) is 49.0. The molecule has 0 radical (unpaired) electrons. The molecule has 0 bridgehead atoms. The molecule has 0 saturated carbocycles. The van der Waals surface area contributed by atoms with Crippen molar-refractivity contribution in [3.8, 4) is 34.0 Å². The SMILES string of the molecule is COC(=O)NC(C(=O)N1CCC[C@H]1c1nc(-c2ccc3c(c2)oc2cc(-c4c[nH]c([C@@H]5CC(OC(=O)N6Cc7cc8c(cc7C6)OCO8)CN5C(=O)[C@@H](NC(=O)OC)C(C)C)n4)ccc23)c[nH]1)C(C)C. The lowest BCUT2D eigenvalue weighted by Crippen LogP contribution is -2.51. The number of amides is 5. The first-order valence-corrected chi connectivity index (χ1v) is 23.5. The molecule has 3 aromatic heterocycles. The maximum absolute atomic E-state index is 14.4. The zero-order valence-electron chi connectivity index (χ0n) is 39.7. The van der Waals surface area contributed by atoms with Gasteiger partial charge in [0.2, 0.25) is 18.6 Å². The summed E-state index contributed by atoms with van der Waals surface area (Å²) in [6.07, 6.45) is 2.82. The number of hydrogen-bond acceptors (Lipinski definition) is 13. The van der Waals surface area contributed by atoms with Crippen LogP contribution < -0.4 is 20.1 Å². The van der Waals surface area contributed by atoms with Crippen LogP contribution in [-0.4, -0.2) is 117 Å². The van der Waals surface area contributed by atoms with Gasteiger partial charge in [-0.05, 0) is 72.2 Å². The Kier molecular flexibility index (Phi) is 12.2. The summed E-state index contributed by atoms with van der Waals surface area (Å²) in [4.78, 5) is 87.7. The summed E-state index contributed by atoms with van der Waals surface area (Å²) >= 11 is 0. The zero-order valence-corrected chi connectivity index (χ0v) is 39.7. The third kappa shape index (κ3) is 8.66. The number of methoxy groups -OCH3 is 2. The van der Waals surface area contributed by atoms with Crippen LogP contribution in [0.3, 0.4) is 0 Å². The summed E-state index contributed by atoms with van der Waals surface area (Å²) in [7, 11) is 2.52. The van der Waals surface area contributed by atoms with Gasteiger partial charge in [0, 0.05) is 60.3 Å². The van der Waals surface area contributed by atoms with Crippen LogP contribution in [0, 0.1) is 11.8 Å². The maximum atomic E-state index is 14.4. The van der Waals surface area contributed by atoms with E-state index in [1.807, 2.05) is 82.4 Å². The number of nitrogens with zero attached hydrogens (tertiary/aromatic N) is 5. The quantitative estimate of drug-likeness (QED) is 0.0934. The Labute approximate surface area is 402 Å². The summed E-state index contributed by atoms with van der Waals surface area (Å²) in [6.45, 7) is 8.90. The van der Waals surface area contributed by atoms with E-state index in [9.17, 15) is 24.0 Å². The molecule has 0 aliphatic carbocycles. The number of imidazole rings is 2. The van der Waals surface area contributed by atoms with Gasteiger partial charge in [-0.3, -0.25) is 14.5 Å². The number of alkyl carbamates (subject to hydrolysis) is 2. The average molecular weight is 958 g/mol. The number of aromatic nitrogens is 4. The normalized spacial score (nSPS) is 19.3. The number of carbonyl (C=O) groups is 5. The highest BCUT2D eigenvalue weighted by atomic mass is 16.7. The van der Waals surface area contributed by atoms with E-state index >= 15 is 0 Å². The predicted octanol–water partition coefficient (Wildman–Crippen LogP) is 7.31. The lowest BCUT2D eigenvalue weighted by molar-refractivity contribution is -0.136. The minimum absolute atomic E-state index is 0.0776. The molecular weight excluding hydrogens is 903 g/mol. The number of likely N-dealkylation sites (tertiary alicyclic amines) is 2. The molecule has 0 spiro atoms. The van der Waals surface area contributed by atoms with E-state index in [2.05, 4.69) is 20.6 Å². The third-order valence-electron chi connectivity index (χ3n) is 13.7. The number of carbonyl (C=O) groups excluding carboxylic acids is 5. The summed E-state index contributed by atoms with van der Waals surface area (Å²) < 4.78 is 33.3. The second-order valence-corrected chi connectivity index (χ2v) is 18.8. The van der Waals surface area contributed by atoms with Gasteiger partial charge in [-0.1, -0.05) is 39.8 Å². The standard InChI is InChI=1S/C50H55N9O11/c1-25(2)42(55-48(62)65-5)46(60)58-13-7-8-36(58)44-51-19-34(53-44)27-9-11-32-33-12-10-28(15-39(33)70-38(32)14-27)35-20-52-45(54-35)37-18-31(23-59(37)47(61)43(26(3)4)56-49(63)66-6)69-50(64)57-21-29-16-40-41(68-24-67-40)17-30(29)22-57/h9-12,14-17,19-20,25-26,31,36-37,42-43H,7-8,13,18,21-24H2,1-6H3,(H,51,53)(H,52,54)(H,55,62)(H,56,63)/t31?,36-,37-,42?,43-/m0/s1. The molecule has 5 atom stereocenters. The van der Waals surface area contributed by atoms with Gasteiger partial charge in [0.25, 0.3) is 0 Å². The molecular formula is C50H55N9O11. The van der Waals surface area contributed by atoms with Gasteiger partial charge >= 0.3 is 18.3 Å². The van der Waals surface area contributed by atoms with Crippen molar-refractivity contribution in [3.63, 3.8) is 0 Å². The number of fused-ring (bicyclic) bond motifs is 5. The highest BCUT2D eigenvalue weighted by Gasteiger charge is 2.44. The van der Waals surface area contributed by atoms with E-state index in [1.165, 1.54) is 14.2 Å². The van der Waals surface area contributed by atoms with Crippen LogP contribution in [0.15, 0.2) is 65.3 Å². The fourth-order valence-electron chi connectivity index (χ4n) is 10.00. The van der Waals surface area contributed by atoms with Crippen molar-refractivity contribution in [1.82, 2.24) is 45.3 Å². The maximum Gasteiger partial charge on any atom is 0.410 e. The number of furan rings is 1. The minimum atomic E-state index is -0.918. The van der Waals surface area contributed by atoms with Crippen LogP contribution in [0.2, 0.25) is 0 Å². The Morgan fingerprint density at radius 3 is 1.77 bits per heavy atom. The fourth-order valence-corrected chi connectivity index (χ4v) is 10.00. The first-order valence-electron chi connectivity index (χ1n) is 23.5. The Morgan fingerprint density at radius 2 is 1.24 bits per heavy atom. The molecule has 7 heterocycles. The van der Waals surface area contributed by atoms with Crippen molar-refractivity contribution in [1.29, 1.82) is 0 Å². The summed E-state index contributed by atoms with van der Waals surface area (Å²) in [5.74, 6) is 1.47. The molecule has 70 heavy (non-hydrogen) atoms. The molecule has 4 aliphatic rings. The lowest BCUT2D eigenvalue weighted by Gasteiger charge is -2.29.